The van der Waals surface area contributed by atoms with Gasteiger partial charge in [-0.25, -0.2) is 13.1 Å². The molecule has 1 atom stereocenters. The molecule has 2 heterocycles. The molecule has 1 aliphatic rings. The van der Waals surface area contributed by atoms with Crippen molar-refractivity contribution in [3.05, 3.63) is 62.9 Å². The molecule has 0 fully saturated rings. The number of aromatic nitrogens is 1. The summed E-state index contributed by atoms with van der Waals surface area (Å²) in [5.74, 6) is -0.914. The van der Waals surface area contributed by atoms with Gasteiger partial charge in [0, 0.05) is 29.6 Å². The average Bonchev–Trinajstić information content (AvgIpc) is 2.56. The number of benzene rings is 1. The molecule has 0 saturated carbocycles. The summed E-state index contributed by atoms with van der Waals surface area (Å²) in [4.78, 5) is 3.60. The number of aliphatic hydroxyl groups is 1. The highest BCUT2D eigenvalue weighted by molar-refractivity contribution is 8.00. The fourth-order valence-corrected chi connectivity index (χ4v) is 5.36. The first-order valence-corrected chi connectivity index (χ1v) is 10.6. The Labute approximate surface area is 162 Å². The average molecular weight is 434 g/mol. The van der Waals surface area contributed by atoms with Crippen molar-refractivity contribution in [2.75, 3.05) is 0 Å². The second-order valence-electron chi connectivity index (χ2n) is 5.40. The van der Waals surface area contributed by atoms with Crippen LogP contribution in [0.3, 0.4) is 0 Å². The number of pyridine rings is 1. The maximum atomic E-state index is 12.8. The first kappa shape index (κ1) is 19.3. The van der Waals surface area contributed by atoms with Gasteiger partial charge in [-0.3, -0.25) is 9.19 Å². The van der Waals surface area contributed by atoms with Crippen LogP contribution >= 0.6 is 23.2 Å². The summed E-state index contributed by atoms with van der Waals surface area (Å²) < 4.78 is 49.1. The Morgan fingerprint density at radius 3 is 2.73 bits per heavy atom. The van der Waals surface area contributed by atoms with Crippen molar-refractivity contribution in [3.8, 4) is 0 Å². The molecule has 2 N–H and O–H groups in total. The highest BCUT2D eigenvalue weighted by atomic mass is 35.5. The van der Waals surface area contributed by atoms with E-state index >= 15 is 0 Å². The van der Waals surface area contributed by atoms with Gasteiger partial charge in [-0.2, -0.15) is 0 Å². The van der Waals surface area contributed by atoms with E-state index in [9.17, 15) is 22.3 Å². The van der Waals surface area contributed by atoms with E-state index in [2.05, 4.69) is 9.71 Å². The van der Waals surface area contributed by atoms with Crippen molar-refractivity contribution in [2.24, 2.45) is 0 Å². The van der Waals surface area contributed by atoms with Gasteiger partial charge in [-0.15, -0.1) is 0 Å². The van der Waals surface area contributed by atoms with Crippen molar-refractivity contribution in [2.45, 2.75) is 12.3 Å². The van der Waals surface area contributed by atoms with Gasteiger partial charge in [-0.05, 0) is 23.3 Å². The summed E-state index contributed by atoms with van der Waals surface area (Å²) >= 11 is 9.93. The number of rotatable bonds is 4. The van der Waals surface area contributed by atoms with Gasteiger partial charge >= 0.3 is 0 Å². The van der Waals surface area contributed by atoms with Crippen LogP contribution in [0, 0.1) is 0 Å². The maximum absolute atomic E-state index is 12.8. The SMILES string of the molecule is O=S([O-])NCc1ccc(Cl)c(C2=C(O)c3ncccc3CS2(=O)=O)c1Cl. The van der Waals surface area contributed by atoms with Crippen LogP contribution in [0.4, 0.5) is 0 Å². The van der Waals surface area contributed by atoms with Crippen LogP contribution in [-0.4, -0.2) is 27.3 Å². The van der Waals surface area contributed by atoms with Crippen LogP contribution in [-0.2, 0) is 33.4 Å². The fourth-order valence-electron chi connectivity index (χ4n) is 2.65. The van der Waals surface area contributed by atoms with E-state index in [1.807, 2.05) is 0 Å². The molecule has 0 spiro atoms. The third kappa shape index (κ3) is 3.51. The lowest BCUT2D eigenvalue weighted by molar-refractivity contribution is 0.508. The maximum Gasteiger partial charge on any atom is 0.187 e. The lowest BCUT2D eigenvalue weighted by Gasteiger charge is -2.21. The van der Waals surface area contributed by atoms with E-state index in [1.165, 1.54) is 18.3 Å². The van der Waals surface area contributed by atoms with E-state index < -0.39 is 31.8 Å². The Hall–Kier alpha value is -1.49. The lowest BCUT2D eigenvalue weighted by atomic mass is 10.1. The zero-order chi connectivity index (χ0) is 19.1. The molecule has 2 aromatic rings. The van der Waals surface area contributed by atoms with E-state index in [-0.39, 0.29) is 33.6 Å². The summed E-state index contributed by atoms with van der Waals surface area (Å²) in [6.07, 6.45) is 1.43. The number of nitrogens with zero attached hydrogens (tertiary/aromatic N) is 1. The van der Waals surface area contributed by atoms with Crippen LogP contribution in [0.15, 0.2) is 30.5 Å². The molecular formula is C15H11Cl2N2O5S2-. The molecule has 1 aromatic heterocycles. The van der Waals surface area contributed by atoms with Gasteiger partial charge in [-0.1, -0.05) is 35.3 Å². The third-order valence-corrected chi connectivity index (χ3v) is 6.60. The van der Waals surface area contributed by atoms with Crippen LogP contribution in [0.25, 0.3) is 10.7 Å². The summed E-state index contributed by atoms with van der Waals surface area (Å²) in [5, 5.41) is 10.5. The fraction of sp³-hybridized carbons (Fsp3) is 0.133. The molecule has 0 aliphatic carbocycles. The van der Waals surface area contributed by atoms with Crippen LogP contribution in [0.5, 0.6) is 0 Å². The van der Waals surface area contributed by atoms with E-state index in [0.717, 1.165) is 0 Å². The molecule has 0 bridgehead atoms. The van der Waals surface area contributed by atoms with Crippen molar-refractivity contribution in [1.82, 2.24) is 9.71 Å². The summed E-state index contributed by atoms with van der Waals surface area (Å²) in [5.41, 5.74) is 0.713. The molecular weight excluding hydrogens is 423 g/mol. The number of nitrogens with one attached hydrogen (secondary N) is 1. The Bertz CT molecular complexity index is 1050. The molecule has 0 amide bonds. The molecule has 1 aliphatic heterocycles. The largest absolute Gasteiger partial charge is 0.760 e. The van der Waals surface area contributed by atoms with Gasteiger partial charge in [0.15, 0.2) is 15.6 Å². The quantitative estimate of drug-likeness (QED) is 0.714. The zero-order valence-corrected chi connectivity index (χ0v) is 16.0. The van der Waals surface area contributed by atoms with Crippen LogP contribution in [0.2, 0.25) is 10.0 Å². The lowest BCUT2D eigenvalue weighted by Crippen LogP contribution is -2.19. The van der Waals surface area contributed by atoms with Gasteiger partial charge in [0.25, 0.3) is 0 Å². The number of aliphatic hydroxyl groups excluding tert-OH is 1. The minimum Gasteiger partial charge on any atom is -0.760 e. The second-order valence-corrected chi connectivity index (χ2v) is 8.87. The first-order valence-electron chi connectivity index (χ1n) is 7.12. The third-order valence-electron chi connectivity index (χ3n) is 3.77. The van der Waals surface area contributed by atoms with Gasteiger partial charge in [0.1, 0.15) is 10.6 Å². The summed E-state index contributed by atoms with van der Waals surface area (Å²) in [6.45, 7) is -0.165. The molecule has 1 aromatic carbocycles. The van der Waals surface area contributed by atoms with E-state index in [0.29, 0.717) is 11.1 Å². The standard InChI is InChI=1S/C15H12Cl2N2O5S2/c16-10-4-3-8(6-19-25(21)22)12(17)11(10)15-14(20)13-9(2-1-5-18-13)7-26(15,23)24/h1-5,19-20H,6-7H2,(H,21,22)/p-1. The predicted molar refractivity (Wildman–Crippen MR) is 98.5 cm³/mol. The molecule has 138 valence electrons. The van der Waals surface area contributed by atoms with Gasteiger partial charge in [0.2, 0.25) is 0 Å². The predicted octanol–water partition coefficient (Wildman–Crippen LogP) is 2.58. The van der Waals surface area contributed by atoms with Crippen LogP contribution < -0.4 is 4.72 Å². The van der Waals surface area contributed by atoms with Crippen molar-refractivity contribution < 1.29 is 22.3 Å². The summed E-state index contributed by atoms with van der Waals surface area (Å²) in [6, 6.07) is 5.98. The van der Waals surface area contributed by atoms with Gasteiger partial charge < -0.3 is 9.66 Å². The molecule has 0 saturated heterocycles. The normalized spacial score (nSPS) is 17.0. The summed E-state index contributed by atoms with van der Waals surface area (Å²) in [7, 11) is -3.95. The minimum atomic E-state index is -3.95. The first-order chi connectivity index (χ1) is 12.2. The zero-order valence-electron chi connectivity index (χ0n) is 12.9. The number of fused-ring (bicyclic) bond motifs is 1. The Morgan fingerprint density at radius 1 is 1.31 bits per heavy atom. The van der Waals surface area contributed by atoms with Crippen molar-refractivity contribution >= 4 is 55.0 Å². The topological polar surface area (TPSA) is 119 Å². The van der Waals surface area contributed by atoms with E-state index in [4.69, 9.17) is 23.2 Å². The minimum absolute atomic E-state index is 0.00602. The molecule has 3 rings (SSSR count). The second kappa shape index (κ2) is 7.26. The monoisotopic (exact) mass is 433 g/mol. The highest BCUT2D eigenvalue weighted by Crippen LogP contribution is 2.43. The van der Waals surface area contributed by atoms with Gasteiger partial charge in [0.05, 0.1) is 15.8 Å². The van der Waals surface area contributed by atoms with Crippen molar-refractivity contribution in [1.29, 1.82) is 0 Å². The molecule has 7 nitrogen and oxygen atoms in total. The number of hydrogen-bond acceptors (Lipinski definition) is 6. The number of halogens is 2. The smallest absolute Gasteiger partial charge is 0.187 e. The molecule has 0 radical (unpaired) electrons. The number of hydrogen-bond donors (Lipinski definition) is 2. The Kier molecular flexibility index (Phi) is 5.38. The molecule has 1 unspecified atom stereocenters. The van der Waals surface area contributed by atoms with Crippen LogP contribution in [0.1, 0.15) is 22.4 Å². The Morgan fingerprint density at radius 2 is 2.04 bits per heavy atom. The van der Waals surface area contributed by atoms with E-state index in [1.54, 1.807) is 12.1 Å². The Balaban J connectivity index is 2.25. The number of sulfone groups is 1. The highest BCUT2D eigenvalue weighted by Gasteiger charge is 2.35. The molecule has 26 heavy (non-hydrogen) atoms. The molecule has 11 heteroatoms. The van der Waals surface area contributed by atoms with Crippen molar-refractivity contribution in [3.63, 3.8) is 0 Å².